The highest BCUT2D eigenvalue weighted by Gasteiger charge is 2.72. The van der Waals surface area contributed by atoms with Crippen LogP contribution in [0.25, 0.3) is 0 Å². The number of hydrogen-bond acceptors (Lipinski definition) is 6. The van der Waals surface area contributed by atoms with E-state index in [4.69, 9.17) is 18.9 Å². The lowest BCUT2D eigenvalue weighted by molar-refractivity contribution is -0.172. The van der Waals surface area contributed by atoms with E-state index in [9.17, 15) is 9.59 Å². The Morgan fingerprint density at radius 3 is 2.48 bits per heavy atom. The first-order valence-electron chi connectivity index (χ1n) is 9.88. The lowest BCUT2D eigenvalue weighted by Crippen LogP contribution is -2.55. The maximum Gasteiger partial charge on any atom is 0.306 e. The number of esters is 1. The molecule has 6 heteroatoms. The van der Waals surface area contributed by atoms with Gasteiger partial charge in [0.1, 0.15) is 29.2 Å². The summed E-state index contributed by atoms with van der Waals surface area (Å²) in [6.45, 7) is 8.47. The van der Waals surface area contributed by atoms with Gasteiger partial charge in [-0.25, -0.2) is 0 Å². The molecule has 0 bridgehead atoms. The fourth-order valence-electron chi connectivity index (χ4n) is 4.58. The summed E-state index contributed by atoms with van der Waals surface area (Å²) in [6.07, 6.45) is 4.44. The number of carbonyl (C=O) groups is 2. The quantitative estimate of drug-likeness (QED) is 0.366. The van der Waals surface area contributed by atoms with Crippen molar-refractivity contribution in [2.75, 3.05) is 13.7 Å². The summed E-state index contributed by atoms with van der Waals surface area (Å²) in [5, 5.41) is 0. The molecule has 152 valence electrons. The summed E-state index contributed by atoms with van der Waals surface area (Å²) in [5.74, 6) is -0.334. The Morgan fingerprint density at radius 1 is 1.22 bits per heavy atom. The second-order valence-electron chi connectivity index (χ2n) is 8.61. The third-order valence-corrected chi connectivity index (χ3v) is 6.20. The minimum atomic E-state index is -0.341. The number of methoxy groups -OCH3 is 1. The van der Waals surface area contributed by atoms with Crippen LogP contribution in [0.1, 0.15) is 59.8 Å². The van der Waals surface area contributed by atoms with Gasteiger partial charge in [0, 0.05) is 13.5 Å². The van der Waals surface area contributed by atoms with Crippen molar-refractivity contribution in [3.63, 3.8) is 0 Å². The fourth-order valence-corrected chi connectivity index (χ4v) is 4.58. The van der Waals surface area contributed by atoms with Crippen molar-refractivity contribution < 1.29 is 28.5 Å². The normalized spacial score (nSPS) is 39.7. The van der Waals surface area contributed by atoms with E-state index < -0.39 is 0 Å². The summed E-state index contributed by atoms with van der Waals surface area (Å²) in [5.41, 5.74) is 0.708. The molecule has 1 spiro atoms. The molecule has 3 rings (SSSR count). The standard InChI is InChI=1S/C21H32O6/c1-13(2)6-8-16-20(4,27-16)19-18(24-5)15(10-11-21(19)12-25-21)26-17(23)9-7-14(3)22/h6,15-16,18-19H,7-12H2,1-5H3/t15-,16?,18-,19-,20+,21+/m1/s1. The Hall–Kier alpha value is -1.24. The molecule has 3 fully saturated rings. The molecule has 0 aromatic carbocycles. The minimum Gasteiger partial charge on any atom is -0.460 e. The molecular formula is C21H32O6. The number of ketones is 1. The summed E-state index contributed by atoms with van der Waals surface area (Å²) >= 11 is 0. The number of epoxide rings is 2. The SMILES string of the molecule is CO[C@@H]1[C@H](OC(=O)CCC(C)=O)CC[C@]2(CO2)[C@H]1[C@@]1(C)OC1CC=C(C)C. The largest absolute Gasteiger partial charge is 0.460 e. The van der Waals surface area contributed by atoms with E-state index in [0.29, 0.717) is 13.0 Å². The van der Waals surface area contributed by atoms with Crippen LogP contribution in [0.2, 0.25) is 0 Å². The van der Waals surface area contributed by atoms with Crippen molar-refractivity contribution in [2.24, 2.45) is 5.92 Å². The van der Waals surface area contributed by atoms with E-state index in [0.717, 1.165) is 12.8 Å². The maximum atomic E-state index is 12.2. The van der Waals surface area contributed by atoms with Crippen LogP contribution in [0.5, 0.6) is 0 Å². The van der Waals surface area contributed by atoms with Crippen LogP contribution < -0.4 is 0 Å². The van der Waals surface area contributed by atoms with E-state index >= 15 is 0 Å². The van der Waals surface area contributed by atoms with Crippen LogP contribution in [0.3, 0.4) is 0 Å². The van der Waals surface area contributed by atoms with Crippen LogP contribution in [-0.4, -0.2) is 55.0 Å². The molecule has 6 nitrogen and oxygen atoms in total. The van der Waals surface area contributed by atoms with Crippen LogP contribution in [0, 0.1) is 5.92 Å². The lowest BCUT2D eigenvalue weighted by Gasteiger charge is -2.42. The van der Waals surface area contributed by atoms with Crippen molar-refractivity contribution >= 4 is 11.8 Å². The first-order valence-corrected chi connectivity index (χ1v) is 9.88. The molecule has 2 saturated heterocycles. The minimum absolute atomic E-state index is 0.0110. The van der Waals surface area contributed by atoms with Crippen molar-refractivity contribution in [1.82, 2.24) is 0 Å². The Bertz CT molecular complexity index is 618. The Balaban J connectivity index is 1.71. The molecular weight excluding hydrogens is 348 g/mol. The van der Waals surface area contributed by atoms with Gasteiger partial charge in [-0.15, -0.1) is 0 Å². The zero-order valence-corrected chi connectivity index (χ0v) is 17.1. The van der Waals surface area contributed by atoms with Crippen LogP contribution in [-0.2, 0) is 28.5 Å². The van der Waals surface area contributed by atoms with E-state index in [1.165, 1.54) is 12.5 Å². The number of Topliss-reactive ketones (excluding diaryl/α,β-unsaturated/α-hetero) is 1. The zero-order valence-electron chi connectivity index (χ0n) is 17.1. The van der Waals surface area contributed by atoms with Crippen LogP contribution in [0.4, 0.5) is 0 Å². The maximum absolute atomic E-state index is 12.2. The Morgan fingerprint density at radius 2 is 1.93 bits per heavy atom. The molecule has 0 aromatic rings. The van der Waals surface area contributed by atoms with Crippen molar-refractivity contribution in [1.29, 1.82) is 0 Å². The Labute approximate surface area is 161 Å². The van der Waals surface area contributed by atoms with Gasteiger partial charge in [0.05, 0.1) is 25.0 Å². The highest BCUT2D eigenvalue weighted by Crippen LogP contribution is 2.59. The second-order valence-corrected chi connectivity index (χ2v) is 8.61. The molecule has 0 radical (unpaired) electrons. The van der Waals surface area contributed by atoms with Gasteiger partial charge in [0.25, 0.3) is 0 Å². The smallest absolute Gasteiger partial charge is 0.306 e. The summed E-state index contributed by atoms with van der Waals surface area (Å²) in [4.78, 5) is 23.3. The van der Waals surface area contributed by atoms with Gasteiger partial charge in [0.15, 0.2) is 0 Å². The Kier molecular flexibility index (Phi) is 5.80. The number of allylic oxidation sites excluding steroid dienone is 1. The topological polar surface area (TPSA) is 77.7 Å². The molecule has 27 heavy (non-hydrogen) atoms. The molecule has 1 unspecified atom stereocenters. The monoisotopic (exact) mass is 380 g/mol. The highest BCUT2D eigenvalue weighted by atomic mass is 16.6. The predicted octanol–water partition coefficient (Wildman–Crippen LogP) is 2.98. The number of carbonyl (C=O) groups excluding carboxylic acids is 2. The summed E-state index contributed by atoms with van der Waals surface area (Å²) in [6, 6.07) is 0. The van der Waals surface area contributed by atoms with Crippen molar-refractivity contribution in [2.45, 2.75) is 89.3 Å². The molecule has 0 amide bonds. The molecule has 2 aliphatic heterocycles. The molecule has 6 atom stereocenters. The number of ether oxygens (including phenoxy) is 4. The zero-order chi connectivity index (χ0) is 19.8. The lowest BCUT2D eigenvalue weighted by atomic mass is 9.68. The van der Waals surface area contributed by atoms with E-state index in [1.807, 2.05) is 0 Å². The molecule has 0 aromatic heterocycles. The summed E-state index contributed by atoms with van der Waals surface area (Å²) in [7, 11) is 1.66. The van der Waals surface area contributed by atoms with Crippen LogP contribution >= 0.6 is 0 Å². The van der Waals surface area contributed by atoms with Gasteiger partial charge in [0.2, 0.25) is 0 Å². The van der Waals surface area contributed by atoms with Gasteiger partial charge < -0.3 is 23.7 Å². The molecule has 1 aliphatic carbocycles. The first-order chi connectivity index (χ1) is 12.7. The molecule has 1 saturated carbocycles. The molecule has 2 heterocycles. The molecule has 3 aliphatic rings. The van der Waals surface area contributed by atoms with Crippen molar-refractivity contribution in [3.8, 4) is 0 Å². The van der Waals surface area contributed by atoms with Gasteiger partial charge >= 0.3 is 5.97 Å². The van der Waals surface area contributed by atoms with Gasteiger partial charge in [-0.3, -0.25) is 4.79 Å². The average molecular weight is 380 g/mol. The number of rotatable bonds is 8. The highest BCUT2D eigenvalue weighted by molar-refractivity contribution is 5.81. The molecule has 0 N–H and O–H groups in total. The van der Waals surface area contributed by atoms with E-state index in [1.54, 1.807) is 7.11 Å². The van der Waals surface area contributed by atoms with Gasteiger partial charge in [-0.2, -0.15) is 0 Å². The fraction of sp³-hybridized carbons (Fsp3) is 0.810. The predicted molar refractivity (Wildman–Crippen MR) is 99.3 cm³/mol. The van der Waals surface area contributed by atoms with E-state index in [2.05, 4.69) is 26.8 Å². The van der Waals surface area contributed by atoms with Crippen molar-refractivity contribution in [3.05, 3.63) is 11.6 Å². The summed E-state index contributed by atoms with van der Waals surface area (Å²) < 4.78 is 23.6. The number of hydrogen-bond donors (Lipinski definition) is 0. The van der Waals surface area contributed by atoms with Gasteiger partial charge in [-0.05, 0) is 47.0 Å². The first kappa shape index (κ1) is 20.5. The van der Waals surface area contributed by atoms with Crippen LogP contribution in [0.15, 0.2) is 11.6 Å². The third-order valence-electron chi connectivity index (χ3n) is 6.20. The third kappa shape index (κ3) is 4.28. The second kappa shape index (κ2) is 7.64. The van der Waals surface area contributed by atoms with E-state index in [-0.39, 0.29) is 60.0 Å². The van der Waals surface area contributed by atoms with Gasteiger partial charge in [-0.1, -0.05) is 11.6 Å². The average Bonchev–Trinajstić information content (AvgIpc) is 3.50.